The fraction of sp³-hybridized carbons (Fsp3) is 0.222. The molecule has 0 radical (unpaired) electrons. The highest BCUT2D eigenvalue weighted by atomic mass is 35.5. The Morgan fingerprint density at radius 3 is 2.77 bits per heavy atom. The Morgan fingerprint density at radius 2 is 2.23 bits per heavy atom. The normalized spacial score (nSPS) is 9.77. The van der Waals surface area contributed by atoms with E-state index in [2.05, 4.69) is 0 Å². The number of carbonyl (C=O) groups excluding carboxylic acids is 1. The summed E-state index contributed by atoms with van der Waals surface area (Å²) < 4.78 is 4.86. The molecule has 4 heteroatoms. The molecule has 1 rings (SSSR count). The van der Waals surface area contributed by atoms with Crippen LogP contribution >= 0.6 is 23.2 Å². The van der Waals surface area contributed by atoms with E-state index < -0.39 is 5.97 Å². The highest BCUT2D eigenvalue weighted by molar-refractivity contribution is 6.33. The van der Waals surface area contributed by atoms with Crippen LogP contribution in [0.25, 0.3) is 0 Å². The molecule has 70 valence electrons. The van der Waals surface area contributed by atoms with Gasteiger partial charge in [0.2, 0.25) is 0 Å². The van der Waals surface area contributed by atoms with Crippen molar-refractivity contribution < 1.29 is 9.53 Å². The average molecular weight is 219 g/mol. The second-order valence-electron chi connectivity index (χ2n) is 2.46. The van der Waals surface area contributed by atoms with E-state index in [-0.39, 0.29) is 0 Å². The van der Waals surface area contributed by atoms with Crippen molar-refractivity contribution in [3.8, 4) is 5.75 Å². The van der Waals surface area contributed by atoms with E-state index in [4.69, 9.17) is 27.9 Å². The van der Waals surface area contributed by atoms with Gasteiger partial charge in [0, 0.05) is 12.8 Å². The van der Waals surface area contributed by atoms with Crippen molar-refractivity contribution in [1.29, 1.82) is 0 Å². The second kappa shape index (κ2) is 4.49. The minimum absolute atomic E-state index is 0.300. The standard InChI is InChI=1S/C9H8Cl2O2/c1-6(12)13-8-4-2-3-7(5-10)9(8)11/h2-4H,5H2,1H3. The summed E-state index contributed by atoms with van der Waals surface area (Å²) in [5.74, 6) is 0.259. The SMILES string of the molecule is CC(=O)Oc1cccc(CCl)c1Cl. The third-order valence-corrected chi connectivity index (χ3v) is 2.16. The Labute approximate surface area is 86.4 Å². The van der Waals surface area contributed by atoms with Gasteiger partial charge in [-0.3, -0.25) is 4.79 Å². The second-order valence-corrected chi connectivity index (χ2v) is 3.10. The Morgan fingerprint density at radius 1 is 1.54 bits per heavy atom. The molecule has 0 aromatic heterocycles. The molecule has 1 aromatic carbocycles. The molecule has 1 aromatic rings. The number of hydrogen-bond donors (Lipinski definition) is 0. The molecular weight excluding hydrogens is 211 g/mol. The summed E-state index contributed by atoms with van der Waals surface area (Å²) >= 11 is 11.5. The first-order valence-electron chi connectivity index (χ1n) is 3.67. The summed E-state index contributed by atoms with van der Waals surface area (Å²) in [4.78, 5) is 10.7. The number of benzene rings is 1. The van der Waals surface area contributed by atoms with E-state index in [1.807, 2.05) is 0 Å². The van der Waals surface area contributed by atoms with Crippen molar-refractivity contribution in [2.75, 3.05) is 0 Å². The highest BCUT2D eigenvalue weighted by Gasteiger charge is 2.07. The van der Waals surface area contributed by atoms with Crippen LogP contribution < -0.4 is 4.74 Å². The van der Waals surface area contributed by atoms with Crippen LogP contribution in [0.3, 0.4) is 0 Å². The lowest BCUT2D eigenvalue weighted by molar-refractivity contribution is -0.131. The van der Waals surface area contributed by atoms with Gasteiger partial charge in [0.25, 0.3) is 0 Å². The van der Waals surface area contributed by atoms with Crippen molar-refractivity contribution in [2.24, 2.45) is 0 Å². The fourth-order valence-electron chi connectivity index (χ4n) is 0.893. The summed E-state index contributed by atoms with van der Waals surface area (Å²) in [7, 11) is 0. The largest absolute Gasteiger partial charge is 0.425 e. The van der Waals surface area contributed by atoms with Crippen LogP contribution in [0.15, 0.2) is 18.2 Å². The van der Waals surface area contributed by atoms with Crippen LogP contribution in [0, 0.1) is 0 Å². The van der Waals surface area contributed by atoms with Crippen LogP contribution in [0.4, 0.5) is 0 Å². The van der Waals surface area contributed by atoms with E-state index in [0.717, 1.165) is 5.56 Å². The number of ether oxygens (including phenoxy) is 1. The molecule has 0 atom stereocenters. The lowest BCUT2D eigenvalue weighted by Gasteiger charge is -2.06. The monoisotopic (exact) mass is 218 g/mol. The molecule has 0 spiro atoms. The Balaban J connectivity index is 3.01. The summed E-state index contributed by atoms with van der Waals surface area (Å²) in [6, 6.07) is 5.14. The highest BCUT2D eigenvalue weighted by Crippen LogP contribution is 2.29. The average Bonchev–Trinajstić information content (AvgIpc) is 2.08. The van der Waals surface area contributed by atoms with Crippen molar-refractivity contribution in [3.63, 3.8) is 0 Å². The van der Waals surface area contributed by atoms with Crippen molar-refractivity contribution in [2.45, 2.75) is 12.8 Å². The minimum atomic E-state index is -0.395. The summed E-state index contributed by atoms with van der Waals surface area (Å²) in [5.41, 5.74) is 0.752. The van der Waals surface area contributed by atoms with E-state index in [0.29, 0.717) is 16.7 Å². The van der Waals surface area contributed by atoms with Gasteiger partial charge in [-0.25, -0.2) is 0 Å². The molecule has 0 N–H and O–H groups in total. The van der Waals surface area contributed by atoms with Gasteiger partial charge in [-0.05, 0) is 11.6 Å². The first-order valence-corrected chi connectivity index (χ1v) is 4.58. The maximum Gasteiger partial charge on any atom is 0.308 e. The molecule has 0 amide bonds. The van der Waals surface area contributed by atoms with Crippen molar-refractivity contribution in [1.82, 2.24) is 0 Å². The lowest BCUT2D eigenvalue weighted by Crippen LogP contribution is -2.02. The first kappa shape index (κ1) is 10.4. The summed E-state index contributed by atoms with van der Waals surface area (Å²) in [6.07, 6.45) is 0. The summed E-state index contributed by atoms with van der Waals surface area (Å²) in [5, 5.41) is 0.396. The molecule has 0 aliphatic carbocycles. The van der Waals surface area contributed by atoms with E-state index in [1.165, 1.54) is 6.92 Å². The third-order valence-electron chi connectivity index (χ3n) is 1.44. The zero-order valence-electron chi connectivity index (χ0n) is 7.01. The topological polar surface area (TPSA) is 26.3 Å². The van der Waals surface area contributed by atoms with Gasteiger partial charge < -0.3 is 4.74 Å². The molecule has 0 fully saturated rings. The number of halogens is 2. The molecule has 0 saturated heterocycles. The number of alkyl halides is 1. The Kier molecular flexibility index (Phi) is 3.58. The molecule has 0 unspecified atom stereocenters. The van der Waals surface area contributed by atoms with Gasteiger partial charge in [-0.15, -0.1) is 11.6 Å². The Bertz CT molecular complexity index is 323. The smallest absolute Gasteiger partial charge is 0.308 e. The Hall–Kier alpha value is -0.730. The molecule has 0 heterocycles. The van der Waals surface area contributed by atoms with Crippen molar-refractivity contribution in [3.05, 3.63) is 28.8 Å². The molecular formula is C9H8Cl2O2. The number of hydrogen-bond acceptors (Lipinski definition) is 2. The van der Waals surface area contributed by atoms with Gasteiger partial charge in [0.1, 0.15) is 5.75 Å². The lowest BCUT2D eigenvalue weighted by atomic mass is 10.2. The minimum Gasteiger partial charge on any atom is -0.425 e. The van der Waals surface area contributed by atoms with Gasteiger partial charge in [0.15, 0.2) is 0 Å². The van der Waals surface area contributed by atoms with Crippen LogP contribution in [-0.2, 0) is 10.7 Å². The number of carbonyl (C=O) groups is 1. The summed E-state index contributed by atoms with van der Waals surface area (Å²) in [6.45, 7) is 1.32. The third kappa shape index (κ3) is 2.61. The van der Waals surface area contributed by atoms with Crippen LogP contribution in [-0.4, -0.2) is 5.97 Å². The van der Waals surface area contributed by atoms with Gasteiger partial charge in [-0.1, -0.05) is 23.7 Å². The zero-order chi connectivity index (χ0) is 9.84. The van der Waals surface area contributed by atoms with Crippen LogP contribution in [0.2, 0.25) is 5.02 Å². The number of rotatable bonds is 2. The predicted molar refractivity (Wildman–Crippen MR) is 52.3 cm³/mol. The quantitative estimate of drug-likeness (QED) is 0.434. The van der Waals surface area contributed by atoms with Crippen molar-refractivity contribution >= 4 is 29.2 Å². The van der Waals surface area contributed by atoms with E-state index in [9.17, 15) is 4.79 Å². The number of esters is 1. The van der Waals surface area contributed by atoms with E-state index in [1.54, 1.807) is 18.2 Å². The van der Waals surface area contributed by atoms with Crippen LogP contribution in [0.1, 0.15) is 12.5 Å². The van der Waals surface area contributed by atoms with Gasteiger partial charge in [0.05, 0.1) is 5.02 Å². The molecule has 0 saturated carbocycles. The maximum absolute atomic E-state index is 10.7. The predicted octanol–water partition coefficient (Wildman–Crippen LogP) is 3.00. The van der Waals surface area contributed by atoms with Gasteiger partial charge in [-0.2, -0.15) is 0 Å². The molecule has 0 aliphatic rings. The zero-order valence-corrected chi connectivity index (χ0v) is 8.52. The molecule has 13 heavy (non-hydrogen) atoms. The van der Waals surface area contributed by atoms with Crippen LogP contribution in [0.5, 0.6) is 5.75 Å². The fourth-order valence-corrected chi connectivity index (χ4v) is 1.42. The molecule has 0 bridgehead atoms. The molecule has 2 nitrogen and oxygen atoms in total. The van der Waals surface area contributed by atoms with E-state index >= 15 is 0 Å². The molecule has 0 aliphatic heterocycles. The van der Waals surface area contributed by atoms with Gasteiger partial charge >= 0.3 is 5.97 Å². The first-order chi connectivity index (χ1) is 6.15. The maximum atomic E-state index is 10.7.